The third kappa shape index (κ3) is 3.91. The van der Waals surface area contributed by atoms with Crippen molar-refractivity contribution in [1.29, 1.82) is 0 Å². The van der Waals surface area contributed by atoms with Crippen LogP contribution in [0.3, 0.4) is 0 Å². The van der Waals surface area contributed by atoms with Gasteiger partial charge in [-0.15, -0.1) is 0 Å². The van der Waals surface area contributed by atoms with Crippen molar-refractivity contribution in [3.63, 3.8) is 0 Å². The molecule has 0 aromatic heterocycles. The van der Waals surface area contributed by atoms with Crippen molar-refractivity contribution in [3.8, 4) is 5.75 Å². The SMILES string of the molecule is CCCCC[C@H](O)CC[C@H]1CC[C@@H]2Cc3c(O)cccc3C[C@H]12. The summed E-state index contributed by atoms with van der Waals surface area (Å²) in [6.07, 6.45) is 11.5. The van der Waals surface area contributed by atoms with E-state index >= 15 is 0 Å². The number of aliphatic hydroxyl groups is 1. The Hall–Kier alpha value is -1.02. The lowest BCUT2D eigenvalue weighted by atomic mass is 9.73. The number of phenolic OH excluding ortho intramolecular Hbond substituents is 1. The minimum absolute atomic E-state index is 0.0967. The normalized spacial score (nSPS) is 27.5. The Morgan fingerprint density at radius 1 is 1.13 bits per heavy atom. The summed E-state index contributed by atoms with van der Waals surface area (Å²) in [7, 11) is 0. The molecule has 2 nitrogen and oxygen atoms in total. The molecule has 2 aliphatic rings. The predicted molar refractivity (Wildman–Crippen MR) is 94.6 cm³/mol. The molecule has 0 aliphatic heterocycles. The van der Waals surface area contributed by atoms with E-state index in [0.717, 1.165) is 43.4 Å². The molecule has 0 unspecified atom stereocenters. The van der Waals surface area contributed by atoms with Crippen LogP contribution >= 0.6 is 0 Å². The first-order chi connectivity index (χ1) is 11.2. The Balaban J connectivity index is 1.54. The first kappa shape index (κ1) is 16.8. The van der Waals surface area contributed by atoms with Crippen LogP contribution in [0.1, 0.15) is 69.4 Å². The number of fused-ring (bicyclic) bond motifs is 2. The molecule has 1 fully saturated rings. The molecule has 0 radical (unpaired) electrons. The van der Waals surface area contributed by atoms with Gasteiger partial charge in [0.1, 0.15) is 5.75 Å². The molecule has 3 rings (SSSR count). The monoisotopic (exact) mass is 316 g/mol. The van der Waals surface area contributed by atoms with Gasteiger partial charge in [-0.3, -0.25) is 0 Å². The van der Waals surface area contributed by atoms with Gasteiger partial charge < -0.3 is 10.2 Å². The number of phenols is 1. The van der Waals surface area contributed by atoms with E-state index in [1.54, 1.807) is 0 Å². The fraction of sp³-hybridized carbons (Fsp3) is 0.714. The van der Waals surface area contributed by atoms with Gasteiger partial charge in [-0.1, -0.05) is 38.3 Å². The van der Waals surface area contributed by atoms with Crippen LogP contribution < -0.4 is 0 Å². The number of aromatic hydroxyl groups is 1. The van der Waals surface area contributed by atoms with Crippen LogP contribution in [0.4, 0.5) is 0 Å². The Kier molecular flexibility index (Phi) is 5.63. The fourth-order valence-electron chi connectivity index (χ4n) is 4.93. The van der Waals surface area contributed by atoms with Crippen molar-refractivity contribution >= 4 is 0 Å². The van der Waals surface area contributed by atoms with Crippen LogP contribution in [0.25, 0.3) is 0 Å². The van der Waals surface area contributed by atoms with E-state index in [-0.39, 0.29) is 6.10 Å². The highest BCUT2D eigenvalue weighted by Gasteiger charge is 2.39. The van der Waals surface area contributed by atoms with Crippen molar-refractivity contribution in [2.45, 2.75) is 77.2 Å². The summed E-state index contributed by atoms with van der Waals surface area (Å²) in [5, 5.41) is 20.3. The molecular formula is C21H32O2. The smallest absolute Gasteiger partial charge is 0.119 e. The molecule has 2 aliphatic carbocycles. The van der Waals surface area contributed by atoms with Crippen molar-refractivity contribution in [1.82, 2.24) is 0 Å². The number of unbranched alkanes of at least 4 members (excludes halogenated alkanes) is 2. The van der Waals surface area contributed by atoms with Crippen molar-refractivity contribution in [2.75, 3.05) is 0 Å². The highest BCUT2D eigenvalue weighted by Crippen LogP contribution is 2.48. The van der Waals surface area contributed by atoms with Crippen molar-refractivity contribution in [3.05, 3.63) is 29.3 Å². The van der Waals surface area contributed by atoms with E-state index in [1.807, 2.05) is 12.1 Å². The molecule has 2 N–H and O–H groups in total. The van der Waals surface area contributed by atoms with Crippen molar-refractivity contribution < 1.29 is 10.2 Å². The first-order valence-corrected chi connectivity index (χ1v) is 9.66. The topological polar surface area (TPSA) is 40.5 Å². The molecule has 1 saturated carbocycles. The predicted octanol–water partition coefficient (Wildman–Crippen LogP) is 4.85. The zero-order chi connectivity index (χ0) is 16.2. The lowest BCUT2D eigenvalue weighted by Crippen LogP contribution is -2.25. The Bertz CT molecular complexity index is 511. The molecule has 23 heavy (non-hydrogen) atoms. The van der Waals surface area contributed by atoms with Crippen LogP contribution in [-0.2, 0) is 12.8 Å². The van der Waals surface area contributed by atoms with Gasteiger partial charge in [-0.25, -0.2) is 0 Å². The lowest BCUT2D eigenvalue weighted by molar-refractivity contribution is 0.135. The average Bonchev–Trinajstić information content (AvgIpc) is 2.94. The summed E-state index contributed by atoms with van der Waals surface area (Å²) in [6.45, 7) is 2.21. The van der Waals surface area contributed by atoms with Gasteiger partial charge in [-0.2, -0.15) is 0 Å². The summed E-state index contributed by atoms with van der Waals surface area (Å²) in [5.41, 5.74) is 2.57. The second-order valence-corrected chi connectivity index (χ2v) is 7.81. The molecule has 128 valence electrons. The Labute approximate surface area is 140 Å². The summed E-state index contributed by atoms with van der Waals surface area (Å²) in [5.74, 6) is 2.79. The Morgan fingerprint density at radius 3 is 2.83 bits per heavy atom. The largest absolute Gasteiger partial charge is 0.508 e. The molecular weight excluding hydrogens is 284 g/mol. The third-order valence-electron chi connectivity index (χ3n) is 6.30. The van der Waals surface area contributed by atoms with Crippen molar-refractivity contribution in [2.24, 2.45) is 17.8 Å². The van der Waals surface area contributed by atoms with Crippen LogP contribution in [0.15, 0.2) is 18.2 Å². The summed E-state index contributed by atoms with van der Waals surface area (Å²) < 4.78 is 0. The van der Waals surface area contributed by atoms with E-state index in [1.165, 1.54) is 49.7 Å². The van der Waals surface area contributed by atoms with Gasteiger partial charge in [0.05, 0.1) is 6.10 Å². The van der Waals surface area contributed by atoms with Crippen LogP contribution in [0.5, 0.6) is 5.75 Å². The number of rotatable bonds is 7. The minimum atomic E-state index is -0.0967. The fourth-order valence-corrected chi connectivity index (χ4v) is 4.93. The average molecular weight is 316 g/mol. The quantitative estimate of drug-likeness (QED) is 0.706. The van der Waals surface area contributed by atoms with Crippen LogP contribution in [-0.4, -0.2) is 16.3 Å². The molecule has 1 aromatic rings. The number of hydrogen-bond acceptors (Lipinski definition) is 2. The highest BCUT2D eigenvalue weighted by atomic mass is 16.3. The van der Waals surface area contributed by atoms with Gasteiger partial charge in [-0.05, 0) is 79.9 Å². The van der Waals surface area contributed by atoms with E-state index in [9.17, 15) is 10.2 Å². The maximum Gasteiger partial charge on any atom is 0.119 e. The number of benzene rings is 1. The van der Waals surface area contributed by atoms with Gasteiger partial charge in [0.15, 0.2) is 0 Å². The minimum Gasteiger partial charge on any atom is -0.508 e. The number of hydrogen-bond donors (Lipinski definition) is 2. The maximum absolute atomic E-state index is 10.2. The zero-order valence-electron chi connectivity index (χ0n) is 14.5. The third-order valence-corrected chi connectivity index (χ3v) is 6.30. The van der Waals surface area contributed by atoms with E-state index in [4.69, 9.17) is 0 Å². The lowest BCUT2D eigenvalue weighted by Gasteiger charge is -2.32. The Morgan fingerprint density at radius 2 is 2.00 bits per heavy atom. The van der Waals surface area contributed by atoms with Gasteiger partial charge >= 0.3 is 0 Å². The second-order valence-electron chi connectivity index (χ2n) is 7.81. The van der Waals surface area contributed by atoms with Crippen LogP contribution in [0.2, 0.25) is 0 Å². The molecule has 0 heterocycles. The standard InChI is InChI=1S/C21H32O2/c1-2-3-4-7-18(22)12-11-15-9-10-17-14-20-16(13-19(15)17)6-5-8-21(20)23/h5-6,8,15,17-19,22-23H,2-4,7,9-14H2,1H3/t15-,17-,18+,19-/m1/s1. The summed E-state index contributed by atoms with van der Waals surface area (Å²) in [6, 6.07) is 6.01. The molecule has 4 atom stereocenters. The van der Waals surface area contributed by atoms with Gasteiger partial charge in [0.2, 0.25) is 0 Å². The molecule has 0 spiro atoms. The highest BCUT2D eigenvalue weighted by molar-refractivity contribution is 5.41. The molecule has 0 saturated heterocycles. The zero-order valence-corrected chi connectivity index (χ0v) is 14.5. The summed E-state index contributed by atoms with van der Waals surface area (Å²) >= 11 is 0. The van der Waals surface area contributed by atoms with Gasteiger partial charge in [0.25, 0.3) is 0 Å². The van der Waals surface area contributed by atoms with E-state index in [2.05, 4.69) is 13.0 Å². The maximum atomic E-state index is 10.2. The molecule has 0 amide bonds. The number of aliphatic hydroxyl groups excluding tert-OH is 1. The molecule has 2 heteroatoms. The second kappa shape index (κ2) is 7.70. The molecule has 1 aromatic carbocycles. The van der Waals surface area contributed by atoms with Crippen LogP contribution in [0, 0.1) is 17.8 Å². The first-order valence-electron chi connectivity index (χ1n) is 9.66. The molecule has 0 bridgehead atoms. The van der Waals surface area contributed by atoms with E-state index < -0.39 is 0 Å². The van der Waals surface area contributed by atoms with E-state index in [0.29, 0.717) is 5.75 Å². The van der Waals surface area contributed by atoms with Gasteiger partial charge in [0, 0.05) is 0 Å². The summed E-state index contributed by atoms with van der Waals surface area (Å²) in [4.78, 5) is 0.